The largest absolute Gasteiger partial charge is 0.460 e. The molecule has 1 rings (SSSR count). The first-order valence-electron chi connectivity index (χ1n) is 5.77. The predicted molar refractivity (Wildman–Crippen MR) is 76.0 cm³/mol. The molecule has 0 aliphatic carbocycles. The van der Waals surface area contributed by atoms with Gasteiger partial charge in [-0.05, 0) is 31.5 Å². The lowest BCUT2D eigenvalue weighted by molar-refractivity contribution is 0.0334. The summed E-state index contributed by atoms with van der Waals surface area (Å²) in [6.07, 6.45) is 0. The second-order valence-electron chi connectivity index (χ2n) is 3.85. The number of benzene rings is 1. The quantitative estimate of drug-likeness (QED) is 0.452. The number of hydrogen-bond acceptors (Lipinski definition) is 5. The maximum absolute atomic E-state index is 11.9. The minimum Gasteiger partial charge on any atom is -0.460 e. The molecular formula is C12H14Cl2O5S. The van der Waals surface area contributed by atoms with Crippen LogP contribution in [0.1, 0.15) is 22.8 Å². The zero-order valence-electron chi connectivity index (χ0n) is 11.0. The molecule has 0 atom stereocenters. The normalized spacial score (nSPS) is 11.4. The van der Waals surface area contributed by atoms with Crippen LogP contribution >= 0.6 is 22.3 Å². The van der Waals surface area contributed by atoms with Gasteiger partial charge in [-0.15, -0.1) is 0 Å². The monoisotopic (exact) mass is 340 g/mol. The van der Waals surface area contributed by atoms with Crippen molar-refractivity contribution in [2.45, 2.75) is 18.7 Å². The van der Waals surface area contributed by atoms with Crippen molar-refractivity contribution < 1.29 is 22.7 Å². The first kappa shape index (κ1) is 17.2. The fourth-order valence-corrected chi connectivity index (χ4v) is 3.04. The van der Waals surface area contributed by atoms with Crippen LogP contribution in [0.15, 0.2) is 17.0 Å². The molecule has 0 aliphatic rings. The molecule has 1 aromatic rings. The maximum Gasteiger partial charge on any atom is 0.338 e. The minimum absolute atomic E-state index is 0.0632. The number of rotatable bonds is 6. The summed E-state index contributed by atoms with van der Waals surface area (Å²) in [7, 11) is 1.31. The van der Waals surface area contributed by atoms with E-state index in [4.69, 9.17) is 31.8 Å². The summed E-state index contributed by atoms with van der Waals surface area (Å²) >= 11 is 5.80. The van der Waals surface area contributed by atoms with E-state index < -0.39 is 15.0 Å². The Labute approximate surface area is 127 Å². The third-order valence-corrected chi connectivity index (χ3v) is 4.14. The van der Waals surface area contributed by atoms with Crippen LogP contribution in [0.3, 0.4) is 0 Å². The second kappa shape index (κ2) is 7.26. The van der Waals surface area contributed by atoms with E-state index in [2.05, 4.69) is 0 Å². The number of esters is 1. The van der Waals surface area contributed by atoms with E-state index in [9.17, 15) is 13.2 Å². The average Bonchev–Trinajstić information content (AvgIpc) is 2.35. The minimum atomic E-state index is -3.99. The van der Waals surface area contributed by atoms with Gasteiger partial charge in [-0.2, -0.15) is 0 Å². The Bertz CT molecular complexity index is 598. The topological polar surface area (TPSA) is 69.7 Å². The predicted octanol–water partition coefficient (Wildman–Crippen LogP) is 2.77. The highest BCUT2D eigenvalue weighted by Crippen LogP contribution is 2.27. The van der Waals surface area contributed by atoms with Gasteiger partial charge in [0.2, 0.25) is 0 Å². The van der Waals surface area contributed by atoms with Crippen molar-refractivity contribution in [1.29, 1.82) is 0 Å². The van der Waals surface area contributed by atoms with E-state index in [1.807, 2.05) is 6.92 Å². The Morgan fingerprint density at radius 3 is 2.50 bits per heavy atom. The van der Waals surface area contributed by atoms with Gasteiger partial charge in [0.25, 0.3) is 9.05 Å². The molecule has 1 aromatic carbocycles. The Morgan fingerprint density at radius 1 is 1.30 bits per heavy atom. The molecule has 0 amide bonds. The van der Waals surface area contributed by atoms with E-state index in [1.54, 1.807) is 0 Å². The van der Waals surface area contributed by atoms with E-state index in [1.165, 1.54) is 19.1 Å². The lowest BCUT2D eigenvalue weighted by Crippen LogP contribution is -2.13. The van der Waals surface area contributed by atoms with Crippen LogP contribution < -0.4 is 0 Å². The SMILES string of the molecule is CCOCCOC(=O)c1cc(Cl)cc(S(=O)(=O)Cl)c1C. The number of carbonyl (C=O) groups is 1. The van der Waals surface area contributed by atoms with Crippen LogP contribution in [-0.2, 0) is 18.5 Å². The Kier molecular flexibility index (Phi) is 6.26. The van der Waals surface area contributed by atoms with Crippen molar-refractivity contribution in [1.82, 2.24) is 0 Å². The summed E-state index contributed by atoms with van der Waals surface area (Å²) in [6.45, 7) is 4.14. The summed E-state index contributed by atoms with van der Waals surface area (Å²) in [4.78, 5) is 11.7. The van der Waals surface area contributed by atoms with Gasteiger partial charge in [-0.25, -0.2) is 13.2 Å². The highest BCUT2D eigenvalue weighted by atomic mass is 35.7. The molecule has 0 aliphatic heterocycles. The number of ether oxygens (including phenoxy) is 2. The highest BCUT2D eigenvalue weighted by molar-refractivity contribution is 8.13. The van der Waals surface area contributed by atoms with Gasteiger partial charge in [0.15, 0.2) is 0 Å². The fourth-order valence-electron chi connectivity index (χ4n) is 1.53. The van der Waals surface area contributed by atoms with E-state index in [0.717, 1.165) is 0 Å². The van der Waals surface area contributed by atoms with Gasteiger partial charge in [0, 0.05) is 22.3 Å². The van der Waals surface area contributed by atoms with Crippen LogP contribution in [-0.4, -0.2) is 34.2 Å². The number of hydrogen-bond donors (Lipinski definition) is 0. The fraction of sp³-hybridized carbons (Fsp3) is 0.417. The molecule has 112 valence electrons. The van der Waals surface area contributed by atoms with Crippen molar-refractivity contribution in [3.63, 3.8) is 0 Å². The summed E-state index contributed by atoms with van der Waals surface area (Å²) in [6, 6.07) is 2.53. The van der Waals surface area contributed by atoms with Crippen LogP contribution in [0.5, 0.6) is 0 Å². The highest BCUT2D eigenvalue weighted by Gasteiger charge is 2.21. The van der Waals surface area contributed by atoms with Gasteiger partial charge >= 0.3 is 5.97 Å². The van der Waals surface area contributed by atoms with Gasteiger partial charge in [0.05, 0.1) is 17.1 Å². The van der Waals surface area contributed by atoms with E-state index in [0.29, 0.717) is 6.61 Å². The summed E-state index contributed by atoms with van der Waals surface area (Å²) in [5.74, 6) is -0.675. The van der Waals surface area contributed by atoms with Crippen molar-refractivity contribution in [2.24, 2.45) is 0 Å². The number of halogens is 2. The molecule has 0 aromatic heterocycles. The zero-order chi connectivity index (χ0) is 15.3. The molecule has 8 heteroatoms. The van der Waals surface area contributed by atoms with Gasteiger partial charge < -0.3 is 9.47 Å². The van der Waals surface area contributed by atoms with Crippen LogP contribution in [0.25, 0.3) is 0 Å². The molecule has 0 unspecified atom stereocenters. The Hall–Kier alpha value is -0.820. The van der Waals surface area contributed by atoms with Crippen LogP contribution in [0.4, 0.5) is 0 Å². The molecule has 0 N–H and O–H groups in total. The standard InChI is InChI=1S/C12H14Cl2O5S/c1-3-18-4-5-19-12(15)10-6-9(13)7-11(8(10)2)20(14,16)17/h6-7H,3-5H2,1-2H3. The van der Waals surface area contributed by atoms with Crippen molar-refractivity contribution >= 4 is 37.3 Å². The van der Waals surface area contributed by atoms with Crippen molar-refractivity contribution in [3.8, 4) is 0 Å². The average molecular weight is 341 g/mol. The van der Waals surface area contributed by atoms with E-state index >= 15 is 0 Å². The first-order valence-corrected chi connectivity index (χ1v) is 8.45. The molecule has 0 heterocycles. The van der Waals surface area contributed by atoms with Crippen LogP contribution in [0.2, 0.25) is 5.02 Å². The van der Waals surface area contributed by atoms with Crippen LogP contribution in [0, 0.1) is 6.92 Å². The maximum atomic E-state index is 11.9. The molecule has 0 radical (unpaired) electrons. The molecule has 0 saturated carbocycles. The lowest BCUT2D eigenvalue weighted by Gasteiger charge is -2.10. The van der Waals surface area contributed by atoms with Crippen molar-refractivity contribution in [2.75, 3.05) is 19.8 Å². The third-order valence-electron chi connectivity index (χ3n) is 2.47. The third kappa shape index (κ3) is 4.63. The number of carbonyl (C=O) groups excluding carboxylic acids is 1. The van der Waals surface area contributed by atoms with Gasteiger partial charge in [0.1, 0.15) is 6.61 Å². The summed E-state index contributed by atoms with van der Waals surface area (Å²) < 4.78 is 32.8. The summed E-state index contributed by atoms with van der Waals surface area (Å²) in [5, 5.41) is 0.0894. The molecule has 5 nitrogen and oxygen atoms in total. The van der Waals surface area contributed by atoms with Gasteiger partial charge in [-0.3, -0.25) is 0 Å². The Morgan fingerprint density at radius 2 is 1.95 bits per heavy atom. The molecule has 0 saturated heterocycles. The zero-order valence-corrected chi connectivity index (χ0v) is 13.3. The van der Waals surface area contributed by atoms with Gasteiger partial charge in [-0.1, -0.05) is 11.6 Å². The van der Waals surface area contributed by atoms with E-state index in [-0.39, 0.29) is 34.3 Å². The Balaban J connectivity index is 3.01. The second-order valence-corrected chi connectivity index (χ2v) is 6.82. The lowest BCUT2D eigenvalue weighted by atomic mass is 10.1. The molecule has 0 fully saturated rings. The molecular weight excluding hydrogens is 327 g/mol. The first-order chi connectivity index (χ1) is 9.27. The molecule has 0 bridgehead atoms. The summed E-state index contributed by atoms with van der Waals surface area (Å²) in [5.41, 5.74) is 0.263. The van der Waals surface area contributed by atoms with Crippen molar-refractivity contribution in [3.05, 3.63) is 28.3 Å². The molecule has 20 heavy (non-hydrogen) atoms. The molecule has 0 spiro atoms. The smallest absolute Gasteiger partial charge is 0.338 e.